The summed E-state index contributed by atoms with van der Waals surface area (Å²) in [4.78, 5) is 2.59. The van der Waals surface area contributed by atoms with Crippen LogP contribution in [0.25, 0.3) is 0 Å². The Morgan fingerprint density at radius 2 is 2.08 bits per heavy atom. The summed E-state index contributed by atoms with van der Waals surface area (Å²) in [5, 5.41) is 23.0. The van der Waals surface area contributed by atoms with Crippen LogP contribution in [0.15, 0.2) is 12.1 Å². The largest absolute Gasteiger partial charge is 0.486 e. The number of piperidine rings is 1. The molecule has 1 aromatic carbocycles. The van der Waals surface area contributed by atoms with Crippen LogP contribution in [0.3, 0.4) is 0 Å². The number of ether oxygens (including phenoxy) is 1. The van der Waals surface area contributed by atoms with Gasteiger partial charge in [-0.3, -0.25) is 4.90 Å². The van der Waals surface area contributed by atoms with Crippen LogP contribution in [0.1, 0.15) is 55.2 Å². The first-order valence-corrected chi connectivity index (χ1v) is 10.5. The van der Waals surface area contributed by atoms with Gasteiger partial charge in [-0.1, -0.05) is 18.6 Å². The Morgan fingerprint density at radius 1 is 1.23 bits per heavy atom. The van der Waals surface area contributed by atoms with E-state index in [-0.39, 0.29) is 12.1 Å². The third kappa shape index (κ3) is 1.68. The number of aliphatic hydroxyl groups is 2. The van der Waals surface area contributed by atoms with Crippen molar-refractivity contribution in [2.24, 2.45) is 5.92 Å². The van der Waals surface area contributed by atoms with Gasteiger partial charge in [0.05, 0.1) is 17.1 Å². The molecule has 5 atom stereocenters. The molecule has 0 radical (unpaired) electrons. The average molecular weight is 355 g/mol. The fourth-order valence-electron chi connectivity index (χ4n) is 6.98. The summed E-state index contributed by atoms with van der Waals surface area (Å²) in [5.41, 5.74) is 2.53. The lowest BCUT2D eigenvalue weighted by Gasteiger charge is -2.64. The van der Waals surface area contributed by atoms with Gasteiger partial charge in [0.1, 0.15) is 11.9 Å². The Balaban J connectivity index is 1.52. The first-order chi connectivity index (χ1) is 12.5. The molecule has 4 nitrogen and oxygen atoms in total. The first kappa shape index (κ1) is 15.9. The summed E-state index contributed by atoms with van der Waals surface area (Å²) in [7, 11) is 0. The predicted molar refractivity (Wildman–Crippen MR) is 98.5 cm³/mol. The molecular formula is C22H29NO3. The topological polar surface area (TPSA) is 52.9 Å². The van der Waals surface area contributed by atoms with Crippen LogP contribution in [-0.2, 0) is 11.8 Å². The molecule has 2 bridgehead atoms. The number of aliphatic hydroxyl groups excluding tert-OH is 1. The molecule has 2 saturated carbocycles. The second kappa shape index (κ2) is 5.03. The maximum absolute atomic E-state index is 12.2. The van der Waals surface area contributed by atoms with E-state index in [1.165, 1.54) is 30.4 Å². The van der Waals surface area contributed by atoms with Crippen LogP contribution in [-0.4, -0.2) is 52.1 Å². The molecule has 5 aliphatic rings. The van der Waals surface area contributed by atoms with Crippen molar-refractivity contribution in [3.05, 3.63) is 28.8 Å². The highest BCUT2D eigenvalue weighted by Crippen LogP contribution is 2.64. The average Bonchev–Trinajstić information content (AvgIpc) is 2.93. The van der Waals surface area contributed by atoms with Gasteiger partial charge in [-0.25, -0.2) is 0 Å². The van der Waals surface area contributed by atoms with Gasteiger partial charge in [-0.15, -0.1) is 0 Å². The summed E-state index contributed by atoms with van der Waals surface area (Å²) in [5.74, 6) is 1.77. The van der Waals surface area contributed by atoms with E-state index in [0.29, 0.717) is 12.8 Å². The minimum absolute atomic E-state index is 0.164. The van der Waals surface area contributed by atoms with Gasteiger partial charge in [0.15, 0.2) is 0 Å². The molecule has 0 aromatic heterocycles. The van der Waals surface area contributed by atoms with Crippen LogP contribution in [0.4, 0.5) is 0 Å². The van der Waals surface area contributed by atoms with Crippen LogP contribution < -0.4 is 4.74 Å². The molecule has 0 amide bonds. The Bertz CT molecular complexity index is 775. The highest BCUT2D eigenvalue weighted by atomic mass is 16.5. The van der Waals surface area contributed by atoms with E-state index in [1.807, 2.05) is 0 Å². The van der Waals surface area contributed by atoms with Gasteiger partial charge in [-0.05, 0) is 69.0 Å². The fraction of sp³-hybridized carbons (Fsp3) is 0.727. The maximum Gasteiger partial charge on any atom is 0.137 e. The van der Waals surface area contributed by atoms with E-state index < -0.39 is 17.1 Å². The Morgan fingerprint density at radius 3 is 2.85 bits per heavy atom. The lowest BCUT2D eigenvalue weighted by atomic mass is 9.48. The highest BCUT2D eigenvalue weighted by molar-refractivity contribution is 5.60. The summed E-state index contributed by atoms with van der Waals surface area (Å²) in [6.07, 6.45) is 6.43. The Kier molecular flexibility index (Phi) is 3.08. The molecule has 2 aliphatic heterocycles. The molecule has 2 heterocycles. The fourth-order valence-corrected chi connectivity index (χ4v) is 6.98. The van der Waals surface area contributed by atoms with E-state index in [9.17, 15) is 10.2 Å². The van der Waals surface area contributed by atoms with Crippen LogP contribution in [0.2, 0.25) is 0 Å². The normalized spacial score (nSPS) is 43.6. The number of hydrogen-bond acceptors (Lipinski definition) is 4. The monoisotopic (exact) mass is 355 g/mol. The van der Waals surface area contributed by atoms with E-state index in [0.717, 1.165) is 43.2 Å². The Hall–Kier alpha value is -1.10. The number of likely N-dealkylation sites (tertiary alicyclic amines) is 1. The molecule has 2 N–H and O–H groups in total. The SMILES string of the molecule is Cc1ccc2c3c1OC1C(O)CC[C@]4(O)[C@H](C2)N(CC2CCC2)CC[C@@]314. The minimum Gasteiger partial charge on any atom is -0.486 e. The molecule has 1 spiro atoms. The molecule has 1 aromatic rings. The van der Waals surface area contributed by atoms with Gasteiger partial charge >= 0.3 is 0 Å². The van der Waals surface area contributed by atoms with Gasteiger partial charge in [-0.2, -0.15) is 0 Å². The lowest BCUT2D eigenvalue weighted by Crippen LogP contribution is -2.77. The van der Waals surface area contributed by atoms with Crippen molar-refractivity contribution in [1.82, 2.24) is 4.90 Å². The van der Waals surface area contributed by atoms with Gasteiger partial charge in [0, 0.05) is 18.2 Å². The zero-order valence-corrected chi connectivity index (χ0v) is 15.6. The second-order valence-electron chi connectivity index (χ2n) is 9.55. The Labute approximate surface area is 155 Å². The summed E-state index contributed by atoms with van der Waals surface area (Å²) >= 11 is 0. The van der Waals surface area contributed by atoms with Crippen LogP contribution in [0, 0.1) is 12.8 Å². The van der Waals surface area contributed by atoms with Crippen molar-refractivity contribution in [2.75, 3.05) is 13.1 Å². The molecule has 2 unspecified atom stereocenters. The molecule has 26 heavy (non-hydrogen) atoms. The molecule has 4 heteroatoms. The van der Waals surface area contributed by atoms with Gasteiger partial charge < -0.3 is 14.9 Å². The molecule has 140 valence electrons. The third-order valence-corrected chi connectivity index (χ3v) is 8.48. The molecule has 3 fully saturated rings. The molecule has 1 saturated heterocycles. The van der Waals surface area contributed by atoms with Gasteiger partial charge in [0.2, 0.25) is 0 Å². The summed E-state index contributed by atoms with van der Waals surface area (Å²) < 4.78 is 6.41. The predicted octanol–water partition coefficient (Wildman–Crippen LogP) is 2.31. The van der Waals surface area contributed by atoms with Crippen molar-refractivity contribution in [2.45, 2.75) is 81.1 Å². The van der Waals surface area contributed by atoms with E-state index in [4.69, 9.17) is 4.74 Å². The van der Waals surface area contributed by atoms with Crippen molar-refractivity contribution in [3.63, 3.8) is 0 Å². The second-order valence-corrected chi connectivity index (χ2v) is 9.55. The third-order valence-electron chi connectivity index (χ3n) is 8.48. The van der Waals surface area contributed by atoms with Crippen molar-refractivity contribution >= 4 is 0 Å². The van der Waals surface area contributed by atoms with Crippen molar-refractivity contribution in [1.29, 1.82) is 0 Å². The standard InChI is InChI=1S/C22H29NO3/c1-13-5-6-15-11-17-22(25)8-7-16(24)20-21(22,18(15)19(13)26-20)9-10-23(17)12-14-3-2-4-14/h5-6,14,16-17,20,24-25H,2-4,7-12H2,1H3/t16?,17-,20?,21+,22-/m0/s1. The molecule has 3 aliphatic carbocycles. The van der Waals surface area contributed by atoms with Gasteiger partial charge in [0.25, 0.3) is 0 Å². The zero-order chi connectivity index (χ0) is 17.7. The number of aryl methyl sites for hydroxylation is 1. The number of nitrogens with zero attached hydrogens (tertiary/aromatic N) is 1. The number of rotatable bonds is 2. The zero-order valence-electron chi connectivity index (χ0n) is 15.6. The highest BCUT2D eigenvalue weighted by Gasteiger charge is 2.72. The minimum atomic E-state index is -0.773. The smallest absolute Gasteiger partial charge is 0.137 e. The number of benzene rings is 1. The number of hydrogen-bond donors (Lipinski definition) is 2. The van der Waals surface area contributed by atoms with Crippen molar-refractivity contribution in [3.8, 4) is 5.75 Å². The quantitative estimate of drug-likeness (QED) is 0.855. The summed E-state index contributed by atoms with van der Waals surface area (Å²) in [6.45, 7) is 4.24. The van der Waals surface area contributed by atoms with Crippen LogP contribution in [0.5, 0.6) is 5.75 Å². The molecular weight excluding hydrogens is 326 g/mol. The van der Waals surface area contributed by atoms with E-state index in [1.54, 1.807) is 0 Å². The summed E-state index contributed by atoms with van der Waals surface area (Å²) in [6, 6.07) is 4.57. The molecule has 6 rings (SSSR count). The maximum atomic E-state index is 12.2. The lowest BCUT2D eigenvalue weighted by molar-refractivity contribution is -0.209. The first-order valence-electron chi connectivity index (χ1n) is 10.5. The van der Waals surface area contributed by atoms with E-state index in [2.05, 4.69) is 24.0 Å². The van der Waals surface area contributed by atoms with Crippen molar-refractivity contribution < 1.29 is 14.9 Å². The van der Waals surface area contributed by atoms with E-state index >= 15 is 0 Å². The van der Waals surface area contributed by atoms with Crippen LogP contribution >= 0.6 is 0 Å².